The van der Waals surface area contributed by atoms with E-state index in [2.05, 4.69) is 44.8 Å². The zero-order valence-corrected chi connectivity index (χ0v) is 14.3. The molecule has 0 aromatic heterocycles. The average Bonchev–Trinajstić information content (AvgIpc) is 2.57. The van der Waals surface area contributed by atoms with Crippen LogP contribution >= 0.6 is 0 Å². The number of carbonyl (C=O) groups excluding carboxylic acids is 1. The van der Waals surface area contributed by atoms with E-state index in [-0.39, 0.29) is 0 Å². The lowest BCUT2D eigenvalue weighted by Crippen LogP contribution is -2.45. The Balaban J connectivity index is 2.64. The topological polar surface area (TPSA) is 32.3 Å². The fourth-order valence-electron chi connectivity index (χ4n) is 3.17. The van der Waals surface area contributed by atoms with Crippen molar-refractivity contribution in [3.63, 3.8) is 0 Å². The van der Waals surface area contributed by atoms with Crippen molar-refractivity contribution in [2.24, 2.45) is 17.3 Å². The molecule has 20 heavy (non-hydrogen) atoms. The van der Waals surface area contributed by atoms with Gasteiger partial charge in [-0.1, -0.05) is 41.0 Å². The van der Waals surface area contributed by atoms with Gasteiger partial charge in [0.15, 0.2) is 0 Å². The summed E-state index contributed by atoms with van der Waals surface area (Å²) in [4.78, 5) is 14.4. The molecule has 1 aliphatic rings. The maximum absolute atomic E-state index is 12.3. The normalized spacial score (nSPS) is 24.4. The minimum atomic E-state index is 0.315. The Labute approximate surface area is 125 Å². The average molecular weight is 282 g/mol. The molecule has 0 aromatic carbocycles. The molecule has 1 rings (SSSR count). The summed E-state index contributed by atoms with van der Waals surface area (Å²) in [6.45, 7) is 13.2. The number of carbonyl (C=O) groups is 1. The lowest BCUT2D eigenvalue weighted by Gasteiger charge is -2.31. The molecule has 0 aromatic rings. The second-order valence-electron chi connectivity index (χ2n) is 7.51. The van der Waals surface area contributed by atoms with Crippen LogP contribution in [-0.2, 0) is 4.79 Å². The van der Waals surface area contributed by atoms with Gasteiger partial charge in [-0.2, -0.15) is 0 Å². The van der Waals surface area contributed by atoms with Crippen LogP contribution in [0.3, 0.4) is 0 Å². The fraction of sp³-hybridized carbons (Fsp3) is 0.941. The second-order valence-corrected chi connectivity index (χ2v) is 7.51. The van der Waals surface area contributed by atoms with Crippen LogP contribution in [0.25, 0.3) is 0 Å². The summed E-state index contributed by atoms with van der Waals surface area (Å²) < 4.78 is 0. The van der Waals surface area contributed by atoms with Gasteiger partial charge in [-0.25, -0.2) is 0 Å². The maximum atomic E-state index is 12.3. The van der Waals surface area contributed by atoms with Gasteiger partial charge in [-0.05, 0) is 37.1 Å². The van der Waals surface area contributed by atoms with E-state index in [1.165, 1.54) is 0 Å². The van der Waals surface area contributed by atoms with Crippen molar-refractivity contribution in [2.45, 2.75) is 66.3 Å². The van der Waals surface area contributed by atoms with E-state index < -0.39 is 0 Å². The molecule has 0 aliphatic carbocycles. The molecule has 1 heterocycles. The minimum Gasteiger partial charge on any atom is -0.341 e. The summed E-state index contributed by atoms with van der Waals surface area (Å²) in [6.07, 6.45) is 4.07. The number of hydrogen-bond donors (Lipinski definition) is 1. The smallest absolute Gasteiger partial charge is 0.222 e. The Morgan fingerprint density at radius 1 is 1.35 bits per heavy atom. The zero-order chi connectivity index (χ0) is 15.3. The van der Waals surface area contributed by atoms with Crippen molar-refractivity contribution < 1.29 is 4.79 Å². The first kappa shape index (κ1) is 17.5. The molecule has 0 bridgehead atoms. The Bertz CT molecular complexity index is 309. The van der Waals surface area contributed by atoms with Gasteiger partial charge in [0.25, 0.3) is 0 Å². The van der Waals surface area contributed by atoms with Crippen molar-refractivity contribution in [3.8, 4) is 0 Å². The number of likely N-dealkylation sites (tertiary alicyclic amines) is 1. The number of rotatable bonds is 5. The van der Waals surface area contributed by atoms with Crippen molar-refractivity contribution >= 4 is 5.91 Å². The summed E-state index contributed by atoms with van der Waals surface area (Å²) in [7, 11) is 2.01. The molecular weight excluding hydrogens is 248 g/mol. The van der Waals surface area contributed by atoms with Crippen LogP contribution in [0, 0.1) is 17.3 Å². The lowest BCUT2D eigenvalue weighted by atomic mass is 9.77. The van der Waals surface area contributed by atoms with Gasteiger partial charge < -0.3 is 10.2 Å². The molecular formula is C17H34N2O. The summed E-state index contributed by atoms with van der Waals surface area (Å²) in [5, 5.41) is 3.39. The third-order valence-corrected chi connectivity index (χ3v) is 5.15. The number of hydrogen-bond acceptors (Lipinski definition) is 2. The highest BCUT2D eigenvalue weighted by atomic mass is 16.2. The molecule has 3 atom stereocenters. The maximum Gasteiger partial charge on any atom is 0.222 e. The third kappa shape index (κ3) is 4.76. The highest BCUT2D eigenvalue weighted by molar-refractivity contribution is 5.76. The zero-order valence-electron chi connectivity index (χ0n) is 14.3. The van der Waals surface area contributed by atoms with Gasteiger partial charge >= 0.3 is 0 Å². The monoisotopic (exact) mass is 282 g/mol. The van der Waals surface area contributed by atoms with Gasteiger partial charge in [0.2, 0.25) is 5.91 Å². The Kier molecular flexibility index (Phi) is 6.50. The highest BCUT2D eigenvalue weighted by Gasteiger charge is 2.31. The number of nitrogens with one attached hydrogen (secondary N) is 1. The van der Waals surface area contributed by atoms with Gasteiger partial charge in [-0.15, -0.1) is 0 Å². The molecule has 0 radical (unpaired) electrons. The van der Waals surface area contributed by atoms with Gasteiger partial charge in [0.05, 0.1) is 0 Å². The number of amides is 1. The van der Waals surface area contributed by atoms with Crippen LogP contribution in [0.1, 0.15) is 60.3 Å². The van der Waals surface area contributed by atoms with Crippen molar-refractivity contribution in [1.29, 1.82) is 0 Å². The molecule has 3 nitrogen and oxygen atoms in total. The fourth-order valence-corrected chi connectivity index (χ4v) is 3.17. The van der Waals surface area contributed by atoms with E-state index in [9.17, 15) is 4.79 Å². The predicted molar refractivity (Wildman–Crippen MR) is 85.7 cm³/mol. The van der Waals surface area contributed by atoms with Crippen molar-refractivity contribution in [3.05, 3.63) is 0 Å². The molecule has 0 saturated carbocycles. The summed E-state index contributed by atoms with van der Waals surface area (Å²) in [5.74, 6) is 1.61. The van der Waals surface area contributed by atoms with Crippen LogP contribution in [0.4, 0.5) is 0 Å². The van der Waals surface area contributed by atoms with Crippen LogP contribution in [0.5, 0.6) is 0 Å². The van der Waals surface area contributed by atoms with E-state index in [4.69, 9.17) is 0 Å². The van der Waals surface area contributed by atoms with Crippen LogP contribution < -0.4 is 5.32 Å². The summed E-state index contributed by atoms with van der Waals surface area (Å²) in [6, 6.07) is 0.412. The first-order valence-corrected chi connectivity index (χ1v) is 8.24. The molecule has 0 spiro atoms. The van der Waals surface area contributed by atoms with Gasteiger partial charge in [-0.3, -0.25) is 4.79 Å². The van der Waals surface area contributed by atoms with E-state index in [0.29, 0.717) is 29.2 Å². The standard InChI is InChI=1S/C17H34N2O/c1-7-13(2)15(18-6)12-19-11-10-14(17(3,4)5)8-9-16(19)20/h13-15,18H,7-12H2,1-6H3. The largest absolute Gasteiger partial charge is 0.341 e. The van der Waals surface area contributed by atoms with Crippen LogP contribution in [-0.4, -0.2) is 37.0 Å². The number of likely N-dealkylation sites (N-methyl/N-ethyl adjacent to an activating group) is 1. The first-order valence-electron chi connectivity index (χ1n) is 8.24. The van der Waals surface area contributed by atoms with Crippen LogP contribution in [0.15, 0.2) is 0 Å². The highest BCUT2D eigenvalue weighted by Crippen LogP contribution is 2.34. The van der Waals surface area contributed by atoms with Gasteiger partial charge in [0, 0.05) is 25.6 Å². The Morgan fingerprint density at radius 3 is 2.50 bits per heavy atom. The van der Waals surface area contributed by atoms with Crippen LogP contribution in [0.2, 0.25) is 0 Å². The van der Waals surface area contributed by atoms with E-state index in [1.54, 1.807) is 0 Å². The molecule has 3 heteroatoms. The molecule has 1 N–H and O–H groups in total. The Hall–Kier alpha value is -0.570. The summed E-state index contributed by atoms with van der Waals surface area (Å²) in [5.41, 5.74) is 0.315. The third-order valence-electron chi connectivity index (χ3n) is 5.15. The quantitative estimate of drug-likeness (QED) is 0.839. The number of nitrogens with zero attached hydrogens (tertiary/aromatic N) is 1. The van der Waals surface area contributed by atoms with Gasteiger partial charge in [0.1, 0.15) is 0 Å². The van der Waals surface area contributed by atoms with E-state index in [0.717, 1.165) is 38.8 Å². The first-order chi connectivity index (χ1) is 9.29. The minimum absolute atomic E-state index is 0.315. The Morgan fingerprint density at radius 2 is 2.00 bits per heavy atom. The second kappa shape index (κ2) is 7.44. The molecule has 1 saturated heterocycles. The summed E-state index contributed by atoms with van der Waals surface area (Å²) >= 11 is 0. The van der Waals surface area contributed by atoms with E-state index >= 15 is 0 Å². The van der Waals surface area contributed by atoms with Crippen molar-refractivity contribution in [2.75, 3.05) is 20.1 Å². The lowest BCUT2D eigenvalue weighted by molar-refractivity contribution is -0.131. The SMILES string of the molecule is CCC(C)C(CN1CCC(C(C)(C)C)CCC1=O)NC. The molecule has 1 fully saturated rings. The van der Waals surface area contributed by atoms with Crippen molar-refractivity contribution in [1.82, 2.24) is 10.2 Å². The van der Waals surface area contributed by atoms with E-state index in [1.807, 2.05) is 7.05 Å². The molecule has 1 aliphatic heterocycles. The molecule has 118 valence electrons. The molecule has 1 amide bonds. The predicted octanol–water partition coefficient (Wildman–Crippen LogP) is 3.30. The molecule has 3 unspecified atom stereocenters.